The molecule has 1 aromatic heterocycles. The Morgan fingerprint density at radius 3 is 1.77 bits per heavy atom. The number of aliphatic hydroxyl groups is 1. The molecule has 0 atom stereocenters. The summed E-state index contributed by atoms with van der Waals surface area (Å²) in [6.45, 7) is 0. The first-order chi connectivity index (χ1) is 10.8. The molecule has 0 saturated heterocycles. The highest BCUT2D eigenvalue weighted by atomic mass is 16.3. The molecule has 0 unspecified atom stereocenters. The number of aromatic nitrogens is 1. The predicted molar refractivity (Wildman–Crippen MR) is 88.1 cm³/mol. The van der Waals surface area contributed by atoms with E-state index in [2.05, 4.69) is 17.1 Å². The van der Waals surface area contributed by atoms with Crippen LogP contribution in [0.25, 0.3) is 12.2 Å². The summed E-state index contributed by atoms with van der Waals surface area (Å²) in [5.74, 6) is 0. The van der Waals surface area contributed by atoms with Crippen LogP contribution in [0.2, 0.25) is 0 Å². The zero-order chi connectivity index (χ0) is 15.0. The SMILES string of the molecule is OC1(c2ccccn2)c2ccccc2C=Cc2ccccc21. The quantitative estimate of drug-likeness (QED) is 0.736. The summed E-state index contributed by atoms with van der Waals surface area (Å²) in [5.41, 5.74) is 3.11. The minimum absolute atomic E-state index is 0.638. The van der Waals surface area contributed by atoms with Crippen molar-refractivity contribution in [3.05, 3.63) is 101 Å². The van der Waals surface area contributed by atoms with E-state index >= 15 is 0 Å². The van der Waals surface area contributed by atoms with Gasteiger partial charge < -0.3 is 5.11 Å². The van der Waals surface area contributed by atoms with Crippen molar-refractivity contribution in [2.45, 2.75) is 5.60 Å². The van der Waals surface area contributed by atoms with Gasteiger partial charge in [-0.05, 0) is 23.3 Å². The predicted octanol–water partition coefficient (Wildman–Crippen LogP) is 3.85. The molecule has 2 aromatic carbocycles. The molecule has 0 radical (unpaired) electrons. The number of nitrogens with zero attached hydrogens (tertiary/aromatic N) is 1. The zero-order valence-corrected chi connectivity index (χ0v) is 12.0. The summed E-state index contributed by atoms with van der Waals surface area (Å²) in [6, 6.07) is 21.5. The Morgan fingerprint density at radius 2 is 1.23 bits per heavy atom. The maximum Gasteiger partial charge on any atom is 0.158 e. The highest BCUT2D eigenvalue weighted by molar-refractivity contribution is 5.78. The maximum atomic E-state index is 11.7. The Hall–Kier alpha value is -2.71. The Kier molecular flexibility index (Phi) is 2.91. The van der Waals surface area contributed by atoms with Crippen molar-refractivity contribution in [3.8, 4) is 0 Å². The monoisotopic (exact) mass is 285 g/mol. The topological polar surface area (TPSA) is 33.1 Å². The van der Waals surface area contributed by atoms with Gasteiger partial charge in [0.05, 0.1) is 5.69 Å². The van der Waals surface area contributed by atoms with Gasteiger partial charge in [0.15, 0.2) is 5.60 Å². The van der Waals surface area contributed by atoms with Gasteiger partial charge in [-0.25, -0.2) is 0 Å². The van der Waals surface area contributed by atoms with Crippen LogP contribution >= 0.6 is 0 Å². The molecule has 1 heterocycles. The van der Waals surface area contributed by atoms with Gasteiger partial charge in [-0.1, -0.05) is 66.7 Å². The van der Waals surface area contributed by atoms with Crippen LogP contribution in [0.15, 0.2) is 72.9 Å². The average molecular weight is 285 g/mol. The van der Waals surface area contributed by atoms with Crippen molar-refractivity contribution >= 4 is 12.2 Å². The van der Waals surface area contributed by atoms with E-state index in [1.807, 2.05) is 66.7 Å². The van der Waals surface area contributed by atoms with E-state index in [9.17, 15) is 5.11 Å². The molecule has 1 aliphatic rings. The van der Waals surface area contributed by atoms with Crippen LogP contribution in [0.1, 0.15) is 27.9 Å². The van der Waals surface area contributed by atoms with Crippen molar-refractivity contribution in [2.75, 3.05) is 0 Å². The molecule has 0 bridgehead atoms. The third kappa shape index (κ3) is 1.81. The lowest BCUT2D eigenvalue weighted by Crippen LogP contribution is -2.31. The van der Waals surface area contributed by atoms with E-state index in [4.69, 9.17) is 0 Å². The molecule has 3 aromatic rings. The number of benzene rings is 2. The first kappa shape index (κ1) is 13.0. The Labute approximate surface area is 129 Å². The molecule has 0 aliphatic heterocycles. The fourth-order valence-electron chi connectivity index (χ4n) is 3.12. The molecule has 0 spiro atoms. The largest absolute Gasteiger partial charge is 0.374 e. The molecule has 2 heteroatoms. The van der Waals surface area contributed by atoms with Crippen LogP contribution < -0.4 is 0 Å². The number of hydrogen-bond donors (Lipinski definition) is 1. The standard InChI is InChI=1S/C20H15NO/c22-20(19-11-5-6-14-21-19)17-9-3-1-7-15(17)12-13-16-8-2-4-10-18(16)20/h1-14,22H. The molecular formula is C20H15NO. The van der Waals surface area contributed by atoms with Crippen LogP contribution in [0.5, 0.6) is 0 Å². The molecule has 1 N–H and O–H groups in total. The number of pyridine rings is 1. The molecule has 0 fully saturated rings. The van der Waals surface area contributed by atoms with E-state index in [1.54, 1.807) is 6.20 Å². The normalized spacial score (nSPS) is 14.8. The summed E-state index contributed by atoms with van der Waals surface area (Å²) in [5, 5.41) is 11.7. The molecule has 22 heavy (non-hydrogen) atoms. The van der Waals surface area contributed by atoms with E-state index < -0.39 is 5.60 Å². The van der Waals surface area contributed by atoms with Crippen molar-refractivity contribution in [1.29, 1.82) is 0 Å². The molecule has 0 amide bonds. The molecular weight excluding hydrogens is 270 g/mol. The minimum atomic E-state index is -1.25. The first-order valence-electron chi connectivity index (χ1n) is 7.31. The third-order valence-corrected chi connectivity index (χ3v) is 4.18. The Bertz CT molecular complexity index is 803. The molecule has 0 saturated carbocycles. The number of fused-ring (bicyclic) bond motifs is 2. The fourth-order valence-corrected chi connectivity index (χ4v) is 3.12. The second-order valence-corrected chi connectivity index (χ2v) is 5.43. The van der Waals surface area contributed by atoms with Crippen LogP contribution in [0, 0.1) is 0 Å². The number of hydrogen-bond acceptors (Lipinski definition) is 2. The second-order valence-electron chi connectivity index (χ2n) is 5.43. The highest BCUT2D eigenvalue weighted by Crippen LogP contribution is 2.41. The van der Waals surface area contributed by atoms with Crippen LogP contribution in [-0.4, -0.2) is 10.1 Å². The van der Waals surface area contributed by atoms with E-state index in [0.29, 0.717) is 5.69 Å². The van der Waals surface area contributed by atoms with E-state index in [0.717, 1.165) is 22.3 Å². The van der Waals surface area contributed by atoms with Gasteiger partial charge in [-0.2, -0.15) is 0 Å². The van der Waals surface area contributed by atoms with Gasteiger partial charge in [-0.15, -0.1) is 0 Å². The summed E-state index contributed by atoms with van der Waals surface area (Å²) in [4.78, 5) is 4.44. The van der Waals surface area contributed by atoms with E-state index in [1.165, 1.54) is 0 Å². The van der Waals surface area contributed by atoms with Crippen molar-refractivity contribution < 1.29 is 5.11 Å². The van der Waals surface area contributed by atoms with Crippen molar-refractivity contribution in [3.63, 3.8) is 0 Å². The van der Waals surface area contributed by atoms with Gasteiger partial charge in [0, 0.05) is 17.3 Å². The van der Waals surface area contributed by atoms with Crippen molar-refractivity contribution in [1.82, 2.24) is 4.98 Å². The third-order valence-electron chi connectivity index (χ3n) is 4.18. The summed E-state index contributed by atoms with van der Waals surface area (Å²) in [7, 11) is 0. The molecule has 1 aliphatic carbocycles. The lowest BCUT2D eigenvalue weighted by Gasteiger charge is -2.30. The minimum Gasteiger partial charge on any atom is -0.374 e. The summed E-state index contributed by atoms with van der Waals surface area (Å²) < 4.78 is 0. The lowest BCUT2D eigenvalue weighted by atomic mass is 9.80. The maximum absolute atomic E-state index is 11.7. The summed E-state index contributed by atoms with van der Waals surface area (Å²) >= 11 is 0. The van der Waals surface area contributed by atoms with Gasteiger partial charge in [0.2, 0.25) is 0 Å². The van der Waals surface area contributed by atoms with Gasteiger partial charge >= 0.3 is 0 Å². The lowest BCUT2D eigenvalue weighted by molar-refractivity contribution is 0.120. The molecule has 2 nitrogen and oxygen atoms in total. The van der Waals surface area contributed by atoms with Crippen molar-refractivity contribution in [2.24, 2.45) is 0 Å². The van der Waals surface area contributed by atoms with Crippen LogP contribution in [-0.2, 0) is 5.60 Å². The van der Waals surface area contributed by atoms with Crippen LogP contribution in [0.3, 0.4) is 0 Å². The Morgan fingerprint density at radius 1 is 0.682 bits per heavy atom. The highest BCUT2D eigenvalue weighted by Gasteiger charge is 2.38. The molecule has 4 rings (SSSR count). The zero-order valence-electron chi connectivity index (χ0n) is 12.0. The smallest absolute Gasteiger partial charge is 0.158 e. The summed E-state index contributed by atoms with van der Waals surface area (Å²) in [6.07, 6.45) is 5.82. The number of rotatable bonds is 1. The van der Waals surface area contributed by atoms with Gasteiger partial charge in [0.25, 0.3) is 0 Å². The average Bonchev–Trinajstić information content (AvgIpc) is 2.73. The van der Waals surface area contributed by atoms with E-state index in [-0.39, 0.29) is 0 Å². The fraction of sp³-hybridized carbons (Fsp3) is 0.0500. The first-order valence-corrected chi connectivity index (χ1v) is 7.31. The Balaban J connectivity index is 2.11. The van der Waals surface area contributed by atoms with Crippen LogP contribution in [0.4, 0.5) is 0 Å². The van der Waals surface area contributed by atoms with Gasteiger partial charge in [-0.3, -0.25) is 4.98 Å². The van der Waals surface area contributed by atoms with Gasteiger partial charge in [0.1, 0.15) is 0 Å². The molecule has 106 valence electrons. The second kappa shape index (κ2) is 4.93.